The number of nitrogens with zero attached hydrogens (tertiary/aromatic N) is 3. The van der Waals surface area contributed by atoms with Gasteiger partial charge >= 0.3 is 18.1 Å². The van der Waals surface area contributed by atoms with Crippen LogP contribution in [0.5, 0.6) is 0 Å². The lowest BCUT2D eigenvalue weighted by Crippen LogP contribution is -2.41. The Morgan fingerprint density at radius 1 is 1.07 bits per heavy atom. The van der Waals surface area contributed by atoms with Crippen LogP contribution in [-0.4, -0.2) is 40.5 Å². The average molecular weight is 618 g/mol. The molecule has 2 aromatic carbocycles. The van der Waals surface area contributed by atoms with Crippen molar-refractivity contribution < 1.29 is 32.2 Å². The molecule has 3 heterocycles. The highest BCUT2D eigenvalue weighted by Gasteiger charge is 2.45. The van der Waals surface area contributed by atoms with E-state index in [0.29, 0.717) is 21.5 Å². The Bertz CT molecular complexity index is 1910. The van der Waals surface area contributed by atoms with Gasteiger partial charge in [0.25, 0.3) is 5.56 Å². The zero-order valence-electron chi connectivity index (χ0n) is 22.3. The molecule has 1 aliphatic rings. The quantitative estimate of drug-likeness (QED) is 0.285. The van der Waals surface area contributed by atoms with Crippen LogP contribution in [0.1, 0.15) is 31.0 Å². The summed E-state index contributed by atoms with van der Waals surface area (Å²) in [6.45, 7) is 3.13. The molecule has 0 aliphatic carbocycles. The molecule has 2 aromatic heterocycles. The van der Waals surface area contributed by atoms with Gasteiger partial charge in [0.05, 0.1) is 29.4 Å². The smallest absolute Gasteiger partial charge is 0.434 e. The van der Waals surface area contributed by atoms with Crippen LogP contribution < -0.4 is 14.9 Å². The molecule has 1 atom stereocenters. The second kappa shape index (κ2) is 11.6. The minimum Gasteiger partial charge on any atom is -0.465 e. The maximum absolute atomic E-state index is 14.3. The number of esters is 2. The fraction of sp³-hybridized carbons (Fsp3) is 0.241. The number of rotatable bonds is 7. The van der Waals surface area contributed by atoms with Gasteiger partial charge in [0.1, 0.15) is 6.54 Å². The number of halogens is 4. The minimum atomic E-state index is -5.01. The van der Waals surface area contributed by atoms with E-state index in [4.69, 9.17) is 21.1 Å². The molecule has 0 N–H and O–H groups in total. The molecule has 0 saturated heterocycles. The van der Waals surface area contributed by atoms with E-state index in [2.05, 4.69) is 4.99 Å². The summed E-state index contributed by atoms with van der Waals surface area (Å²) in [6, 6.07) is 11.5. The number of aromatic nitrogens is 2. The number of carbonyl (C=O) groups is 2. The molecular formula is C29H23ClF3N3O5S. The maximum Gasteiger partial charge on any atom is 0.434 e. The van der Waals surface area contributed by atoms with E-state index < -0.39 is 41.0 Å². The molecule has 1 aliphatic heterocycles. The molecule has 13 heteroatoms. The number of carbonyl (C=O) groups excluding carboxylic acids is 2. The number of fused-ring (bicyclic) bond motifs is 2. The van der Waals surface area contributed by atoms with Gasteiger partial charge in [0.2, 0.25) is 0 Å². The van der Waals surface area contributed by atoms with Crippen molar-refractivity contribution in [2.75, 3.05) is 13.2 Å². The molecular weight excluding hydrogens is 595 g/mol. The molecule has 0 bridgehead atoms. The first kappa shape index (κ1) is 29.3. The molecule has 0 saturated carbocycles. The molecule has 8 nitrogen and oxygen atoms in total. The zero-order chi connectivity index (χ0) is 30.2. The first-order chi connectivity index (χ1) is 20.0. The topological polar surface area (TPSA) is 91.9 Å². The van der Waals surface area contributed by atoms with Crippen molar-refractivity contribution >= 4 is 51.9 Å². The fourth-order valence-electron chi connectivity index (χ4n) is 4.81. The second-order valence-corrected chi connectivity index (χ2v) is 10.6. The molecule has 0 spiro atoms. The van der Waals surface area contributed by atoms with E-state index in [-0.39, 0.29) is 34.7 Å². The van der Waals surface area contributed by atoms with Gasteiger partial charge in [0, 0.05) is 27.7 Å². The molecule has 4 aromatic rings. The van der Waals surface area contributed by atoms with E-state index in [9.17, 15) is 27.6 Å². The molecule has 0 fully saturated rings. The van der Waals surface area contributed by atoms with E-state index in [1.54, 1.807) is 42.0 Å². The van der Waals surface area contributed by atoms with Crippen molar-refractivity contribution in [3.63, 3.8) is 0 Å². The summed E-state index contributed by atoms with van der Waals surface area (Å²) in [5.74, 6) is -1.68. The Hall–Kier alpha value is -4.16. The number of allylic oxidation sites excluding steroid dienone is 1. The van der Waals surface area contributed by atoms with Gasteiger partial charge in [-0.3, -0.25) is 14.2 Å². The van der Waals surface area contributed by atoms with E-state index in [1.165, 1.54) is 37.3 Å². The maximum atomic E-state index is 14.3. The highest BCUT2D eigenvalue weighted by Crippen LogP contribution is 2.38. The highest BCUT2D eigenvalue weighted by atomic mass is 35.5. The summed E-state index contributed by atoms with van der Waals surface area (Å²) >= 11 is 6.78. The molecule has 0 amide bonds. The number of thiazole rings is 1. The predicted octanol–water partition coefficient (Wildman–Crippen LogP) is 4.51. The Balaban J connectivity index is 1.75. The van der Waals surface area contributed by atoms with Gasteiger partial charge in [-0.05, 0) is 43.7 Å². The van der Waals surface area contributed by atoms with E-state index >= 15 is 0 Å². The summed E-state index contributed by atoms with van der Waals surface area (Å²) in [5, 5.41) is 1.04. The van der Waals surface area contributed by atoms with Gasteiger partial charge in [0.15, 0.2) is 10.5 Å². The van der Waals surface area contributed by atoms with E-state index in [1.807, 2.05) is 0 Å². The zero-order valence-corrected chi connectivity index (χ0v) is 23.8. The summed E-state index contributed by atoms with van der Waals surface area (Å²) in [5.41, 5.74) is -1.39. The first-order valence-electron chi connectivity index (χ1n) is 12.8. The second-order valence-electron chi connectivity index (χ2n) is 9.15. The number of ether oxygens (including phenoxy) is 2. The van der Waals surface area contributed by atoms with Crippen LogP contribution >= 0.6 is 22.9 Å². The van der Waals surface area contributed by atoms with Crippen LogP contribution in [0.15, 0.2) is 75.8 Å². The number of hydrogen-bond donors (Lipinski definition) is 0. The third-order valence-electron chi connectivity index (χ3n) is 6.49. The molecule has 0 unspecified atom stereocenters. The van der Waals surface area contributed by atoms with Crippen LogP contribution in [0.3, 0.4) is 0 Å². The Kier molecular flexibility index (Phi) is 8.11. The Labute approximate surface area is 245 Å². The molecule has 42 heavy (non-hydrogen) atoms. The highest BCUT2D eigenvalue weighted by molar-refractivity contribution is 7.07. The first-order valence-corrected chi connectivity index (χ1v) is 14.0. The standard InChI is InChI=1S/C29H23ClF3N3O5S/c1-3-40-22(37)15-35-14-17(19-7-5-6-8-20(19)35)13-21-26(38)36-24(16-9-11-18(30)12-10-16)23(27(39)41-4-2)25(29(31,32)33)34-28(36)42-21/h5-14,24H,3-4,15H2,1-2H3/b21-13-/t24-/m1/s1. The minimum absolute atomic E-state index is 0.0716. The van der Waals surface area contributed by atoms with Crippen LogP contribution in [0.4, 0.5) is 13.2 Å². The monoisotopic (exact) mass is 617 g/mol. The van der Waals surface area contributed by atoms with Crippen molar-refractivity contribution in [1.82, 2.24) is 9.13 Å². The average Bonchev–Trinajstić information content (AvgIpc) is 3.44. The largest absolute Gasteiger partial charge is 0.465 e. The van der Waals surface area contributed by atoms with Crippen LogP contribution in [0, 0.1) is 0 Å². The van der Waals surface area contributed by atoms with Crippen molar-refractivity contribution in [1.29, 1.82) is 0 Å². The molecule has 0 radical (unpaired) electrons. The summed E-state index contributed by atoms with van der Waals surface area (Å²) < 4.78 is 55.8. The molecule has 5 rings (SSSR count). The van der Waals surface area contributed by atoms with Crippen molar-refractivity contribution in [3.05, 3.63) is 102 Å². The summed E-state index contributed by atoms with van der Waals surface area (Å²) in [7, 11) is 0. The number of para-hydroxylation sites is 1. The number of benzene rings is 2. The van der Waals surface area contributed by atoms with Gasteiger partial charge in [-0.15, -0.1) is 0 Å². The fourth-order valence-corrected chi connectivity index (χ4v) is 5.93. The third kappa shape index (κ3) is 5.51. The number of hydrogen-bond acceptors (Lipinski definition) is 7. The predicted molar refractivity (Wildman–Crippen MR) is 151 cm³/mol. The SMILES string of the molecule is CCOC(=O)Cn1cc(/C=c2\sc3n(c2=O)[C@H](c2ccc(Cl)cc2)C(C(=O)OCC)=C(C(F)(F)F)N=3)c2ccccc21. The van der Waals surface area contributed by atoms with Crippen molar-refractivity contribution in [3.8, 4) is 0 Å². The lowest BCUT2D eigenvalue weighted by atomic mass is 9.95. The van der Waals surface area contributed by atoms with Gasteiger partial charge in [-0.25, -0.2) is 9.79 Å². The summed E-state index contributed by atoms with van der Waals surface area (Å²) in [6.07, 6.45) is -1.81. The van der Waals surface area contributed by atoms with Gasteiger partial charge < -0.3 is 14.0 Å². The van der Waals surface area contributed by atoms with Gasteiger partial charge in [-0.1, -0.05) is 53.3 Å². The van der Waals surface area contributed by atoms with E-state index in [0.717, 1.165) is 15.9 Å². The normalized spacial score (nSPS) is 15.5. The molecule has 218 valence electrons. The number of alkyl halides is 3. The lowest BCUT2D eigenvalue weighted by Gasteiger charge is -2.26. The van der Waals surface area contributed by atoms with Gasteiger partial charge in [-0.2, -0.15) is 13.2 Å². The van der Waals surface area contributed by atoms with Crippen LogP contribution in [0.25, 0.3) is 17.0 Å². The van der Waals surface area contributed by atoms with Crippen molar-refractivity contribution in [2.45, 2.75) is 32.6 Å². The third-order valence-corrected chi connectivity index (χ3v) is 7.73. The van der Waals surface area contributed by atoms with Crippen LogP contribution in [-0.2, 0) is 25.6 Å². The Morgan fingerprint density at radius 2 is 1.76 bits per heavy atom. The lowest BCUT2D eigenvalue weighted by molar-refractivity contribution is -0.143. The summed E-state index contributed by atoms with van der Waals surface area (Å²) in [4.78, 5) is 42.6. The van der Waals surface area contributed by atoms with Crippen molar-refractivity contribution in [2.24, 2.45) is 4.99 Å². The Morgan fingerprint density at radius 3 is 2.43 bits per heavy atom. The van der Waals surface area contributed by atoms with Crippen LogP contribution in [0.2, 0.25) is 5.02 Å².